The number of nitrogens with zero attached hydrogens (tertiary/aromatic N) is 1. The summed E-state index contributed by atoms with van der Waals surface area (Å²) in [6, 6.07) is 15.5. The van der Waals surface area contributed by atoms with Crippen LogP contribution in [0, 0.1) is 6.92 Å². The Labute approximate surface area is 144 Å². The molecule has 0 atom stereocenters. The minimum absolute atomic E-state index is 0.0173. The van der Waals surface area contributed by atoms with Crippen molar-refractivity contribution in [1.29, 1.82) is 0 Å². The Bertz CT molecular complexity index is 687. The molecule has 0 heterocycles. The lowest BCUT2D eigenvalue weighted by molar-refractivity contribution is -0.118. The van der Waals surface area contributed by atoms with Gasteiger partial charge in [-0.05, 0) is 31.0 Å². The molecule has 2 aromatic rings. The van der Waals surface area contributed by atoms with Gasteiger partial charge in [0.1, 0.15) is 0 Å². The molecule has 126 valence electrons. The van der Waals surface area contributed by atoms with Crippen LogP contribution in [0.2, 0.25) is 0 Å². The third kappa shape index (κ3) is 4.79. The summed E-state index contributed by atoms with van der Waals surface area (Å²) in [4.78, 5) is 26.1. The summed E-state index contributed by atoms with van der Waals surface area (Å²) >= 11 is 0. The molecule has 2 aromatic carbocycles. The summed E-state index contributed by atoms with van der Waals surface area (Å²) < 4.78 is 0. The highest BCUT2D eigenvalue weighted by Crippen LogP contribution is 2.16. The van der Waals surface area contributed by atoms with Crippen molar-refractivity contribution in [2.24, 2.45) is 0 Å². The van der Waals surface area contributed by atoms with Gasteiger partial charge in [0.25, 0.3) is 0 Å². The molecule has 0 saturated heterocycles. The van der Waals surface area contributed by atoms with E-state index in [9.17, 15) is 9.59 Å². The summed E-state index contributed by atoms with van der Waals surface area (Å²) in [7, 11) is 1.75. The van der Waals surface area contributed by atoms with Gasteiger partial charge in [0.15, 0.2) is 5.78 Å². The second-order valence-corrected chi connectivity index (χ2v) is 6.16. The Balaban J connectivity index is 1.90. The summed E-state index contributed by atoms with van der Waals surface area (Å²) in [5, 5.41) is 0. The molecule has 0 radical (unpaired) electrons. The molecule has 0 aliphatic carbocycles. The molecule has 24 heavy (non-hydrogen) atoms. The lowest BCUT2D eigenvalue weighted by Crippen LogP contribution is -2.26. The van der Waals surface area contributed by atoms with Crippen LogP contribution < -0.4 is 4.90 Å². The lowest BCUT2D eigenvalue weighted by atomic mass is 10.0. The Hall–Kier alpha value is -2.42. The summed E-state index contributed by atoms with van der Waals surface area (Å²) in [5.74, 6) is -0.0292. The Morgan fingerprint density at radius 3 is 2.12 bits per heavy atom. The van der Waals surface area contributed by atoms with E-state index < -0.39 is 0 Å². The zero-order valence-electron chi connectivity index (χ0n) is 14.7. The maximum absolute atomic E-state index is 12.3. The molecular weight excluding hydrogens is 298 g/mol. The summed E-state index contributed by atoms with van der Waals surface area (Å²) in [5.41, 5.74) is 3.92. The summed E-state index contributed by atoms with van der Waals surface area (Å²) in [6.45, 7) is 4.14. The topological polar surface area (TPSA) is 37.4 Å². The van der Waals surface area contributed by atoms with Gasteiger partial charge in [0, 0.05) is 31.1 Å². The van der Waals surface area contributed by atoms with E-state index in [2.05, 4.69) is 6.92 Å². The number of ketones is 1. The fourth-order valence-electron chi connectivity index (χ4n) is 2.59. The number of rotatable bonds is 7. The second-order valence-electron chi connectivity index (χ2n) is 6.16. The molecule has 0 bridgehead atoms. The van der Waals surface area contributed by atoms with Crippen LogP contribution >= 0.6 is 0 Å². The van der Waals surface area contributed by atoms with Crippen molar-refractivity contribution >= 4 is 17.4 Å². The van der Waals surface area contributed by atoms with E-state index in [4.69, 9.17) is 0 Å². The van der Waals surface area contributed by atoms with Crippen LogP contribution in [0.15, 0.2) is 48.5 Å². The van der Waals surface area contributed by atoms with Crippen LogP contribution in [-0.2, 0) is 11.2 Å². The van der Waals surface area contributed by atoms with Crippen molar-refractivity contribution in [3.8, 4) is 0 Å². The van der Waals surface area contributed by atoms with E-state index in [1.165, 1.54) is 5.56 Å². The zero-order chi connectivity index (χ0) is 17.5. The summed E-state index contributed by atoms with van der Waals surface area (Å²) in [6.07, 6.45) is 2.57. The number of amides is 1. The predicted molar refractivity (Wildman–Crippen MR) is 98.6 cm³/mol. The smallest absolute Gasteiger partial charge is 0.227 e. The Morgan fingerprint density at radius 2 is 1.54 bits per heavy atom. The van der Waals surface area contributed by atoms with Crippen LogP contribution in [0.25, 0.3) is 0 Å². The van der Waals surface area contributed by atoms with Crippen molar-refractivity contribution < 1.29 is 9.59 Å². The maximum Gasteiger partial charge on any atom is 0.227 e. The fourth-order valence-corrected chi connectivity index (χ4v) is 2.59. The predicted octanol–water partition coefficient (Wildman–Crippen LogP) is 4.57. The molecule has 0 fully saturated rings. The van der Waals surface area contributed by atoms with E-state index >= 15 is 0 Å². The molecule has 3 nitrogen and oxygen atoms in total. The van der Waals surface area contributed by atoms with Gasteiger partial charge >= 0.3 is 0 Å². The first-order valence-corrected chi connectivity index (χ1v) is 8.46. The standard InChI is InChI=1S/C21H25NO2/c1-4-5-17-8-10-18(11-9-17)20(23)14-15-21(24)22(3)19-12-6-16(2)7-13-19/h6-13H,4-5,14-15H2,1-3H3. The van der Waals surface area contributed by atoms with Crippen molar-refractivity contribution in [2.75, 3.05) is 11.9 Å². The number of anilines is 1. The van der Waals surface area contributed by atoms with Gasteiger partial charge in [-0.3, -0.25) is 9.59 Å². The van der Waals surface area contributed by atoms with Gasteiger partial charge in [-0.15, -0.1) is 0 Å². The van der Waals surface area contributed by atoms with Crippen LogP contribution in [-0.4, -0.2) is 18.7 Å². The van der Waals surface area contributed by atoms with Gasteiger partial charge in [-0.25, -0.2) is 0 Å². The number of carbonyl (C=O) groups is 2. The minimum atomic E-state index is -0.0465. The zero-order valence-corrected chi connectivity index (χ0v) is 14.7. The lowest BCUT2D eigenvalue weighted by Gasteiger charge is -2.17. The number of carbonyl (C=O) groups excluding carboxylic acids is 2. The molecule has 2 rings (SSSR count). The van der Waals surface area contributed by atoms with E-state index in [0.29, 0.717) is 5.56 Å². The van der Waals surface area contributed by atoms with Gasteiger partial charge in [-0.1, -0.05) is 55.3 Å². The SMILES string of the molecule is CCCc1ccc(C(=O)CCC(=O)N(C)c2ccc(C)cc2)cc1. The van der Waals surface area contributed by atoms with E-state index in [1.807, 2.05) is 55.5 Å². The number of Topliss-reactive ketones (excluding diaryl/α,β-unsaturated/α-hetero) is 1. The van der Waals surface area contributed by atoms with Gasteiger partial charge in [0.2, 0.25) is 5.91 Å². The monoisotopic (exact) mass is 323 g/mol. The number of hydrogen-bond donors (Lipinski definition) is 0. The molecule has 0 saturated carbocycles. The molecule has 0 unspecified atom stereocenters. The van der Waals surface area contributed by atoms with Gasteiger partial charge in [-0.2, -0.15) is 0 Å². The van der Waals surface area contributed by atoms with E-state index in [0.717, 1.165) is 24.1 Å². The highest BCUT2D eigenvalue weighted by atomic mass is 16.2. The van der Waals surface area contributed by atoms with E-state index in [-0.39, 0.29) is 24.5 Å². The number of aryl methyl sites for hydroxylation is 2. The third-order valence-corrected chi connectivity index (χ3v) is 4.18. The average Bonchev–Trinajstić information content (AvgIpc) is 2.60. The molecule has 1 amide bonds. The van der Waals surface area contributed by atoms with Gasteiger partial charge in [0.05, 0.1) is 0 Å². The van der Waals surface area contributed by atoms with Crippen molar-refractivity contribution in [3.63, 3.8) is 0 Å². The molecule has 0 N–H and O–H groups in total. The molecule has 0 aromatic heterocycles. The first-order chi connectivity index (χ1) is 11.5. The van der Waals surface area contributed by atoms with Crippen molar-refractivity contribution in [2.45, 2.75) is 39.5 Å². The van der Waals surface area contributed by atoms with Crippen LogP contribution in [0.4, 0.5) is 5.69 Å². The average molecular weight is 323 g/mol. The molecule has 0 aliphatic heterocycles. The highest BCUT2D eigenvalue weighted by Gasteiger charge is 2.14. The fraction of sp³-hybridized carbons (Fsp3) is 0.333. The van der Waals surface area contributed by atoms with E-state index in [1.54, 1.807) is 11.9 Å². The largest absolute Gasteiger partial charge is 0.315 e. The Kier molecular flexibility index (Phi) is 6.30. The molecule has 0 spiro atoms. The Morgan fingerprint density at radius 1 is 0.917 bits per heavy atom. The van der Waals surface area contributed by atoms with Crippen LogP contribution in [0.1, 0.15) is 47.7 Å². The molecular formula is C21H25NO2. The van der Waals surface area contributed by atoms with Crippen molar-refractivity contribution in [1.82, 2.24) is 0 Å². The second kappa shape index (κ2) is 8.44. The highest BCUT2D eigenvalue weighted by molar-refractivity contribution is 6.00. The van der Waals surface area contributed by atoms with Gasteiger partial charge < -0.3 is 4.90 Å². The first kappa shape index (κ1) is 17.9. The number of hydrogen-bond acceptors (Lipinski definition) is 2. The number of benzene rings is 2. The first-order valence-electron chi connectivity index (χ1n) is 8.46. The van der Waals surface area contributed by atoms with Crippen LogP contribution in [0.3, 0.4) is 0 Å². The normalized spacial score (nSPS) is 10.5. The van der Waals surface area contributed by atoms with Crippen molar-refractivity contribution in [3.05, 3.63) is 65.2 Å². The van der Waals surface area contributed by atoms with Crippen LogP contribution in [0.5, 0.6) is 0 Å². The molecule has 0 aliphatic rings. The maximum atomic E-state index is 12.3. The minimum Gasteiger partial charge on any atom is -0.315 e. The third-order valence-electron chi connectivity index (χ3n) is 4.18. The quantitative estimate of drug-likeness (QED) is 0.700. The molecule has 3 heteroatoms.